The molecule has 1 heterocycles. The van der Waals surface area contributed by atoms with E-state index < -0.39 is 29.2 Å². The van der Waals surface area contributed by atoms with Crippen LogP contribution in [0.5, 0.6) is 0 Å². The summed E-state index contributed by atoms with van der Waals surface area (Å²) in [6.45, 7) is 1.81. The van der Waals surface area contributed by atoms with Crippen LogP contribution in [0.2, 0.25) is 0 Å². The van der Waals surface area contributed by atoms with E-state index in [0.29, 0.717) is 5.39 Å². The summed E-state index contributed by atoms with van der Waals surface area (Å²) in [5, 5.41) is 12.1. The van der Waals surface area contributed by atoms with Crippen molar-refractivity contribution in [2.24, 2.45) is 5.41 Å². The van der Waals surface area contributed by atoms with Crippen molar-refractivity contribution in [3.8, 4) is 0 Å². The van der Waals surface area contributed by atoms with Crippen molar-refractivity contribution in [3.63, 3.8) is 0 Å². The maximum atomic E-state index is 13.5. The highest BCUT2D eigenvalue weighted by Crippen LogP contribution is 2.48. The Morgan fingerprint density at radius 1 is 1.43 bits per heavy atom. The first-order valence-corrected chi connectivity index (χ1v) is 6.62. The van der Waals surface area contributed by atoms with Gasteiger partial charge in [-0.15, -0.1) is 0 Å². The zero-order valence-corrected chi connectivity index (χ0v) is 11.4. The summed E-state index contributed by atoms with van der Waals surface area (Å²) in [6, 6.07) is 4.80. The van der Waals surface area contributed by atoms with E-state index >= 15 is 0 Å². The highest BCUT2D eigenvalue weighted by atomic mass is 19.1. The van der Waals surface area contributed by atoms with Gasteiger partial charge in [0.15, 0.2) is 17.2 Å². The fourth-order valence-electron chi connectivity index (χ4n) is 2.36. The van der Waals surface area contributed by atoms with Gasteiger partial charge in [0.1, 0.15) is 6.04 Å². The minimum Gasteiger partial charge on any atom is -0.480 e. The number of furan rings is 1. The molecule has 0 spiro atoms. The van der Waals surface area contributed by atoms with E-state index in [9.17, 15) is 19.1 Å². The Kier molecular flexibility index (Phi) is 2.97. The van der Waals surface area contributed by atoms with Crippen LogP contribution in [-0.2, 0) is 4.79 Å². The minimum atomic E-state index is -1.08. The number of aliphatic carboxylic acids is 1. The molecular weight excluding hydrogens is 277 g/mol. The molecule has 1 saturated carbocycles. The zero-order valence-electron chi connectivity index (χ0n) is 11.4. The molecular formula is C15H14FNO4. The quantitative estimate of drug-likeness (QED) is 0.907. The molecule has 0 bridgehead atoms. The molecule has 21 heavy (non-hydrogen) atoms. The van der Waals surface area contributed by atoms with Gasteiger partial charge in [-0.3, -0.25) is 4.79 Å². The third-order valence-corrected chi connectivity index (χ3v) is 3.98. The Labute approximate surface area is 119 Å². The number of carbonyl (C=O) groups excluding carboxylic acids is 1. The van der Waals surface area contributed by atoms with Crippen molar-refractivity contribution in [1.82, 2.24) is 5.32 Å². The first-order valence-electron chi connectivity index (χ1n) is 6.62. The van der Waals surface area contributed by atoms with E-state index in [1.54, 1.807) is 6.07 Å². The van der Waals surface area contributed by atoms with Gasteiger partial charge in [0, 0.05) is 5.39 Å². The number of halogens is 1. The summed E-state index contributed by atoms with van der Waals surface area (Å²) >= 11 is 0. The molecule has 0 radical (unpaired) electrons. The molecule has 2 aromatic rings. The Morgan fingerprint density at radius 3 is 2.71 bits per heavy atom. The lowest BCUT2D eigenvalue weighted by atomic mass is 9.99. The van der Waals surface area contributed by atoms with Crippen molar-refractivity contribution in [1.29, 1.82) is 0 Å². The number of rotatable bonds is 4. The zero-order chi connectivity index (χ0) is 15.2. The first kappa shape index (κ1) is 13.6. The number of fused-ring (bicyclic) bond motifs is 1. The second kappa shape index (κ2) is 4.58. The summed E-state index contributed by atoms with van der Waals surface area (Å²) in [4.78, 5) is 23.4. The van der Waals surface area contributed by atoms with Gasteiger partial charge in [0.2, 0.25) is 0 Å². The van der Waals surface area contributed by atoms with E-state index in [2.05, 4.69) is 5.32 Å². The van der Waals surface area contributed by atoms with Gasteiger partial charge >= 0.3 is 5.97 Å². The number of hydrogen-bond donors (Lipinski definition) is 2. The van der Waals surface area contributed by atoms with Gasteiger partial charge in [-0.25, -0.2) is 9.18 Å². The molecule has 1 atom stereocenters. The fourth-order valence-corrected chi connectivity index (χ4v) is 2.36. The van der Waals surface area contributed by atoms with Crippen LogP contribution in [0.1, 0.15) is 30.3 Å². The lowest BCUT2D eigenvalue weighted by Gasteiger charge is -2.19. The Morgan fingerprint density at radius 2 is 2.14 bits per heavy atom. The second-order valence-corrected chi connectivity index (χ2v) is 5.67. The summed E-state index contributed by atoms with van der Waals surface area (Å²) in [7, 11) is 0. The normalized spacial score (nSPS) is 17.4. The molecule has 0 aliphatic heterocycles. The highest BCUT2D eigenvalue weighted by Gasteiger charge is 2.49. The molecule has 1 fully saturated rings. The summed E-state index contributed by atoms with van der Waals surface area (Å²) in [6.07, 6.45) is 1.50. The second-order valence-electron chi connectivity index (χ2n) is 5.67. The summed E-state index contributed by atoms with van der Waals surface area (Å²) in [5.74, 6) is -2.38. The van der Waals surface area contributed by atoms with Crippen LogP contribution in [0.3, 0.4) is 0 Å². The van der Waals surface area contributed by atoms with Crippen LogP contribution < -0.4 is 5.32 Å². The van der Waals surface area contributed by atoms with Crippen LogP contribution in [0, 0.1) is 11.2 Å². The van der Waals surface area contributed by atoms with E-state index in [4.69, 9.17) is 4.42 Å². The molecule has 1 aromatic carbocycles. The van der Waals surface area contributed by atoms with Gasteiger partial charge in [-0.2, -0.15) is 0 Å². The van der Waals surface area contributed by atoms with Gasteiger partial charge in [-0.1, -0.05) is 19.1 Å². The molecule has 1 aromatic heterocycles. The van der Waals surface area contributed by atoms with Crippen molar-refractivity contribution in [3.05, 3.63) is 35.8 Å². The predicted octanol–water partition coefficient (Wildman–Crippen LogP) is 2.56. The molecule has 1 unspecified atom stereocenters. The molecule has 3 rings (SSSR count). The van der Waals surface area contributed by atoms with Gasteiger partial charge < -0.3 is 14.8 Å². The van der Waals surface area contributed by atoms with E-state index in [1.165, 1.54) is 18.2 Å². The highest BCUT2D eigenvalue weighted by molar-refractivity contribution is 5.98. The van der Waals surface area contributed by atoms with Gasteiger partial charge in [0.25, 0.3) is 5.91 Å². The lowest BCUT2D eigenvalue weighted by Crippen LogP contribution is -2.46. The maximum Gasteiger partial charge on any atom is 0.326 e. The number of carboxylic acid groups (broad SMARTS) is 1. The van der Waals surface area contributed by atoms with Crippen molar-refractivity contribution >= 4 is 22.8 Å². The number of carboxylic acids is 1. The molecule has 110 valence electrons. The number of amides is 1. The average molecular weight is 291 g/mol. The number of nitrogens with one attached hydrogen (secondary N) is 1. The standard InChI is InChI=1S/C15H14FNO4/c1-15(5-6-15)12(14(19)20)17-13(18)10-7-8-3-2-4-9(16)11(8)21-10/h2-4,7,12H,5-6H2,1H3,(H,17,18)(H,19,20). The molecule has 0 saturated heterocycles. The Balaban J connectivity index is 1.86. The minimum absolute atomic E-state index is 0.00726. The average Bonchev–Trinajstić information content (AvgIpc) is 3.01. The predicted molar refractivity (Wildman–Crippen MR) is 72.4 cm³/mol. The molecule has 1 aliphatic carbocycles. The third-order valence-electron chi connectivity index (χ3n) is 3.98. The summed E-state index contributed by atoms with van der Waals surface area (Å²) in [5.41, 5.74) is -0.425. The van der Waals surface area contributed by atoms with Crippen LogP contribution in [0.25, 0.3) is 11.0 Å². The van der Waals surface area contributed by atoms with E-state index in [0.717, 1.165) is 12.8 Å². The topological polar surface area (TPSA) is 79.5 Å². The third kappa shape index (κ3) is 2.37. The lowest BCUT2D eigenvalue weighted by molar-refractivity contribution is -0.140. The smallest absolute Gasteiger partial charge is 0.326 e. The number of para-hydroxylation sites is 1. The van der Waals surface area contributed by atoms with Crippen molar-refractivity contribution in [2.75, 3.05) is 0 Å². The van der Waals surface area contributed by atoms with Crippen LogP contribution in [0.15, 0.2) is 28.7 Å². The Hall–Kier alpha value is -2.37. The van der Waals surface area contributed by atoms with Crippen LogP contribution >= 0.6 is 0 Å². The van der Waals surface area contributed by atoms with Gasteiger partial charge in [0.05, 0.1) is 0 Å². The number of hydrogen-bond acceptors (Lipinski definition) is 3. The molecule has 1 aliphatic rings. The van der Waals surface area contributed by atoms with Crippen molar-refractivity contribution in [2.45, 2.75) is 25.8 Å². The SMILES string of the molecule is CC1(C(NC(=O)c2cc3cccc(F)c3o2)C(=O)O)CC1. The fraction of sp³-hybridized carbons (Fsp3) is 0.333. The monoisotopic (exact) mass is 291 g/mol. The Bertz CT molecular complexity index is 732. The maximum absolute atomic E-state index is 13.5. The van der Waals surface area contributed by atoms with Gasteiger partial charge in [-0.05, 0) is 30.4 Å². The summed E-state index contributed by atoms with van der Waals surface area (Å²) < 4.78 is 18.7. The largest absolute Gasteiger partial charge is 0.480 e. The molecule has 5 nitrogen and oxygen atoms in total. The molecule has 1 amide bonds. The molecule has 2 N–H and O–H groups in total. The number of carbonyl (C=O) groups is 2. The first-order chi connectivity index (χ1) is 9.90. The molecule has 6 heteroatoms. The van der Waals surface area contributed by atoms with Crippen molar-refractivity contribution < 1.29 is 23.5 Å². The van der Waals surface area contributed by atoms with Crippen LogP contribution in [0.4, 0.5) is 4.39 Å². The van der Waals surface area contributed by atoms with Crippen LogP contribution in [-0.4, -0.2) is 23.0 Å². The van der Waals surface area contributed by atoms with E-state index in [-0.39, 0.29) is 11.3 Å². The van der Waals surface area contributed by atoms with E-state index in [1.807, 2.05) is 6.92 Å². The number of benzene rings is 1.